The minimum Gasteiger partial charge on any atom is -0.366 e. The maximum atomic E-state index is 14.3. The number of hydrogen-bond acceptors (Lipinski definition) is 6. The van der Waals surface area contributed by atoms with E-state index in [1.165, 1.54) is 0 Å². The zero-order chi connectivity index (χ0) is 24.6. The SMILES string of the molecule is FC(F)(F)c1nc(NCc2ccc(-c3ccccc3-c3nn[nH]n3)cc2)c2c(n1)C(F)(F)CCC2. The maximum absolute atomic E-state index is 14.3. The van der Waals surface area contributed by atoms with Gasteiger partial charge in [-0.1, -0.05) is 48.5 Å². The maximum Gasteiger partial charge on any atom is 0.451 e. The van der Waals surface area contributed by atoms with Crippen LogP contribution in [0.5, 0.6) is 0 Å². The lowest BCUT2D eigenvalue weighted by atomic mass is 9.93. The fourth-order valence-electron chi connectivity index (χ4n) is 4.10. The smallest absolute Gasteiger partial charge is 0.366 e. The van der Waals surface area contributed by atoms with E-state index in [0.29, 0.717) is 5.82 Å². The number of benzene rings is 2. The molecular weight excluding hydrogens is 469 g/mol. The Bertz CT molecular complexity index is 1340. The molecule has 180 valence electrons. The Morgan fingerprint density at radius 1 is 0.971 bits per heavy atom. The summed E-state index contributed by atoms with van der Waals surface area (Å²) in [6, 6.07) is 14.8. The zero-order valence-corrected chi connectivity index (χ0v) is 18.1. The van der Waals surface area contributed by atoms with Crippen LogP contribution in [-0.4, -0.2) is 30.6 Å². The van der Waals surface area contributed by atoms with Crippen LogP contribution in [0.15, 0.2) is 48.5 Å². The lowest BCUT2D eigenvalue weighted by molar-refractivity contribution is -0.145. The molecule has 0 saturated heterocycles. The summed E-state index contributed by atoms with van der Waals surface area (Å²) in [6.07, 6.45) is -5.16. The van der Waals surface area contributed by atoms with Gasteiger partial charge in [-0.25, -0.2) is 9.97 Å². The van der Waals surface area contributed by atoms with Gasteiger partial charge in [0.15, 0.2) is 0 Å². The fourth-order valence-corrected chi connectivity index (χ4v) is 4.10. The third-order valence-electron chi connectivity index (χ3n) is 5.76. The number of nitrogens with zero attached hydrogens (tertiary/aromatic N) is 5. The number of H-pyrrole nitrogens is 1. The molecule has 2 aromatic heterocycles. The molecule has 0 fully saturated rings. The Morgan fingerprint density at radius 2 is 1.71 bits per heavy atom. The first-order chi connectivity index (χ1) is 16.7. The molecular formula is C23H18F5N7. The Morgan fingerprint density at radius 3 is 2.40 bits per heavy atom. The minimum absolute atomic E-state index is 0.0277. The van der Waals surface area contributed by atoms with Crippen LogP contribution >= 0.6 is 0 Å². The Labute approximate surface area is 195 Å². The normalized spacial score (nSPS) is 15.0. The number of nitrogens with one attached hydrogen (secondary N) is 2. The molecule has 7 nitrogen and oxygen atoms in total. The average molecular weight is 487 g/mol. The lowest BCUT2D eigenvalue weighted by Gasteiger charge is -2.26. The summed E-state index contributed by atoms with van der Waals surface area (Å²) in [5, 5.41) is 16.9. The van der Waals surface area contributed by atoms with Crippen molar-refractivity contribution in [1.29, 1.82) is 0 Å². The Hall–Kier alpha value is -3.96. The van der Waals surface area contributed by atoms with E-state index < -0.39 is 30.0 Å². The van der Waals surface area contributed by atoms with Crippen LogP contribution in [0.25, 0.3) is 22.5 Å². The lowest BCUT2D eigenvalue weighted by Crippen LogP contribution is -2.27. The molecule has 0 unspecified atom stereocenters. The number of aromatic nitrogens is 6. The van der Waals surface area contributed by atoms with Gasteiger partial charge in [-0.15, -0.1) is 10.2 Å². The predicted molar refractivity (Wildman–Crippen MR) is 116 cm³/mol. The highest BCUT2D eigenvalue weighted by Gasteiger charge is 2.44. The van der Waals surface area contributed by atoms with Crippen LogP contribution in [-0.2, 0) is 25.1 Å². The molecule has 12 heteroatoms. The Balaban J connectivity index is 1.41. The third kappa shape index (κ3) is 4.55. The molecule has 0 saturated carbocycles. The van der Waals surface area contributed by atoms with Crippen LogP contribution in [0.1, 0.15) is 35.5 Å². The van der Waals surface area contributed by atoms with Gasteiger partial charge in [0.2, 0.25) is 11.6 Å². The Kier molecular flexibility index (Phi) is 5.65. The number of alkyl halides is 5. The summed E-state index contributed by atoms with van der Waals surface area (Å²) in [5.41, 5.74) is 2.43. The second-order valence-electron chi connectivity index (χ2n) is 8.11. The predicted octanol–water partition coefficient (Wildman–Crippen LogP) is 5.38. The molecule has 5 rings (SSSR count). The molecule has 0 radical (unpaired) electrons. The number of hydrogen-bond donors (Lipinski definition) is 2. The van der Waals surface area contributed by atoms with Crippen LogP contribution < -0.4 is 5.32 Å². The van der Waals surface area contributed by atoms with E-state index >= 15 is 0 Å². The highest BCUT2D eigenvalue weighted by molar-refractivity contribution is 5.80. The van der Waals surface area contributed by atoms with Crippen molar-refractivity contribution in [2.75, 3.05) is 5.32 Å². The van der Waals surface area contributed by atoms with Crippen LogP contribution in [0.3, 0.4) is 0 Å². The van der Waals surface area contributed by atoms with E-state index in [9.17, 15) is 22.0 Å². The molecule has 4 aromatic rings. The summed E-state index contributed by atoms with van der Waals surface area (Å²) >= 11 is 0. The van der Waals surface area contributed by atoms with Crippen molar-refractivity contribution in [1.82, 2.24) is 30.6 Å². The van der Waals surface area contributed by atoms with Gasteiger partial charge in [-0.2, -0.15) is 27.2 Å². The minimum atomic E-state index is -4.94. The van der Waals surface area contributed by atoms with Gasteiger partial charge < -0.3 is 5.32 Å². The molecule has 0 bridgehead atoms. The number of fused-ring (bicyclic) bond motifs is 1. The van der Waals surface area contributed by atoms with Gasteiger partial charge in [0, 0.05) is 24.1 Å². The van der Waals surface area contributed by atoms with Crippen molar-refractivity contribution in [2.45, 2.75) is 37.9 Å². The number of rotatable bonds is 5. The van der Waals surface area contributed by atoms with E-state index in [0.717, 1.165) is 22.3 Å². The van der Waals surface area contributed by atoms with Crippen LogP contribution in [0.4, 0.5) is 27.8 Å². The van der Waals surface area contributed by atoms with Crippen LogP contribution in [0, 0.1) is 0 Å². The molecule has 0 spiro atoms. The topological polar surface area (TPSA) is 92.3 Å². The largest absolute Gasteiger partial charge is 0.451 e. The summed E-state index contributed by atoms with van der Waals surface area (Å²) in [4.78, 5) is 6.72. The second kappa shape index (κ2) is 8.67. The van der Waals surface area contributed by atoms with Gasteiger partial charge in [0.05, 0.1) is 0 Å². The molecule has 2 heterocycles. The first kappa shape index (κ1) is 22.8. The highest BCUT2D eigenvalue weighted by atomic mass is 19.4. The number of anilines is 1. The molecule has 35 heavy (non-hydrogen) atoms. The first-order valence-electron chi connectivity index (χ1n) is 10.7. The van der Waals surface area contributed by atoms with Crippen molar-refractivity contribution in [3.8, 4) is 22.5 Å². The molecule has 0 aliphatic heterocycles. The first-order valence-corrected chi connectivity index (χ1v) is 10.7. The zero-order valence-electron chi connectivity index (χ0n) is 18.1. The van der Waals surface area contributed by atoms with Crippen LogP contribution in [0.2, 0.25) is 0 Å². The van der Waals surface area contributed by atoms with E-state index in [2.05, 4.69) is 35.9 Å². The van der Waals surface area contributed by atoms with Gasteiger partial charge >= 0.3 is 6.18 Å². The number of tetrazole rings is 1. The molecule has 1 aliphatic rings. The van der Waals surface area contributed by atoms with Gasteiger partial charge in [-0.05, 0) is 34.7 Å². The summed E-state index contributed by atoms with van der Waals surface area (Å²) in [6.45, 7) is 0.0963. The van der Waals surface area contributed by atoms with E-state index in [4.69, 9.17) is 0 Å². The fraction of sp³-hybridized carbons (Fsp3) is 0.261. The molecule has 2 aromatic carbocycles. The average Bonchev–Trinajstić information content (AvgIpc) is 3.37. The van der Waals surface area contributed by atoms with Gasteiger partial charge in [-0.3, -0.25) is 0 Å². The summed E-state index contributed by atoms with van der Waals surface area (Å²) in [5.74, 6) is -4.78. The monoisotopic (exact) mass is 487 g/mol. The highest BCUT2D eigenvalue weighted by Crippen LogP contribution is 2.42. The van der Waals surface area contributed by atoms with Crippen molar-refractivity contribution < 1.29 is 22.0 Å². The van der Waals surface area contributed by atoms with Gasteiger partial charge in [0.1, 0.15) is 11.5 Å². The standard InChI is InChI=1S/C23H18F5N7/c24-22(25)11-3-6-17-18(22)30-21(23(26,27)28)31-19(17)29-12-13-7-9-14(10-8-13)15-4-1-2-5-16(15)20-32-34-35-33-20/h1-2,4-5,7-10H,3,6,11-12H2,(H,29,30,31)(H,32,33,34,35). The van der Waals surface area contributed by atoms with E-state index in [1.54, 1.807) is 12.1 Å². The van der Waals surface area contributed by atoms with Crippen molar-refractivity contribution in [3.05, 3.63) is 71.2 Å². The quantitative estimate of drug-likeness (QED) is 0.367. The third-order valence-corrected chi connectivity index (χ3v) is 5.76. The summed E-state index contributed by atoms with van der Waals surface area (Å²) in [7, 11) is 0. The second-order valence-corrected chi connectivity index (χ2v) is 8.11. The van der Waals surface area contributed by atoms with Gasteiger partial charge in [0.25, 0.3) is 5.92 Å². The molecule has 2 N–H and O–H groups in total. The van der Waals surface area contributed by atoms with E-state index in [1.807, 2.05) is 36.4 Å². The van der Waals surface area contributed by atoms with Crippen molar-refractivity contribution >= 4 is 5.82 Å². The van der Waals surface area contributed by atoms with E-state index in [-0.39, 0.29) is 30.8 Å². The van der Waals surface area contributed by atoms with Crippen molar-refractivity contribution in [2.24, 2.45) is 0 Å². The summed E-state index contributed by atoms with van der Waals surface area (Å²) < 4.78 is 68.5. The molecule has 0 atom stereocenters. The molecule has 0 amide bonds. The molecule has 1 aliphatic carbocycles. The van der Waals surface area contributed by atoms with Crippen molar-refractivity contribution in [3.63, 3.8) is 0 Å². The number of halogens is 5. The number of aromatic amines is 1.